The molecule has 3 fully saturated rings. The molecule has 0 amide bonds. The highest BCUT2D eigenvalue weighted by Crippen LogP contribution is 2.30. The van der Waals surface area contributed by atoms with E-state index >= 15 is 0 Å². The second-order valence-electron chi connectivity index (χ2n) is 8.38. The van der Waals surface area contributed by atoms with Gasteiger partial charge in [-0.05, 0) is 6.42 Å². The lowest BCUT2D eigenvalue weighted by Crippen LogP contribution is -2.68. The van der Waals surface area contributed by atoms with E-state index in [9.17, 15) is 30.6 Å². The first-order chi connectivity index (χ1) is 14.6. The molecule has 2 saturated heterocycles. The minimum Gasteiger partial charge on any atom is -0.394 e. The van der Waals surface area contributed by atoms with E-state index < -0.39 is 92.2 Å². The van der Waals surface area contributed by atoms with Gasteiger partial charge in [0.05, 0.1) is 25.3 Å². The smallest absolute Gasteiger partial charge is 0.176 e. The van der Waals surface area contributed by atoms with Crippen LogP contribution in [0.3, 0.4) is 0 Å². The third-order valence-corrected chi connectivity index (χ3v) is 6.11. The molecule has 14 atom stereocenters. The summed E-state index contributed by atoms with van der Waals surface area (Å²) in [5.74, 6) is 0. The molecule has 182 valence electrons. The Balaban J connectivity index is 1.70. The summed E-state index contributed by atoms with van der Waals surface area (Å²) >= 11 is 0. The van der Waals surface area contributed by atoms with Crippen LogP contribution >= 0.6 is 0 Å². The highest BCUT2D eigenvalue weighted by Gasteiger charge is 2.50. The molecule has 0 aromatic heterocycles. The van der Waals surface area contributed by atoms with Gasteiger partial charge in [-0.25, -0.2) is 0 Å². The highest BCUT2D eigenvalue weighted by molar-refractivity contribution is 5.01. The van der Waals surface area contributed by atoms with Crippen LogP contribution in [0.15, 0.2) is 0 Å². The van der Waals surface area contributed by atoms with Crippen molar-refractivity contribution in [1.29, 1.82) is 0 Å². The second-order valence-corrected chi connectivity index (χ2v) is 8.38. The van der Waals surface area contributed by atoms with E-state index in [1.165, 1.54) is 0 Å². The zero-order valence-electron chi connectivity index (χ0n) is 16.8. The molecular formula is C17H34N4O10. The SMILES string of the molecule is N[C@@H]1[C@@H](O[C@@H]2[C@H](O)[C@H](O[C@H]3OC[C@@H](O)[C@H](O)[C@H]3N)[C@H](N)C[C@H]2N)O[C@@H](CO)[C@H](O)[C@H]1O. The Morgan fingerprint density at radius 1 is 0.742 bits per heavy atom. The molecule has 31 heavy (non-hydrogen) atoms. The molecule has 0 bridgehead atoms. The molecule has 0 aromatic carbocycles. The van der Waals surface area contributed by atoms with E-state index in [0.717, 1.165) is 0 Å². The Kier molecular flexibility index (Phi) is 8.21. The molecule has 14 heteroatoms. The van der Waals surface area contributed by atoms with Crippen LogP contribution in [0, 0.1) is 0 Å². The average Bonchev–Trinajstić information content (AvgIpc) is 2.73. The standard InChI is InChI=1S/C17H34N4O10/c18-4-1-5(19)15(31-17-9(21)12(26)11(25)7(2-22)29-17)13(27)14(4)30-16-8(20)10(24)6(23)3-28-16/h4-17,22-27H,1-3,18-21H2/t4-,5-,6-,7+,8-,9+,10+,11+,12+,13-,14-,15+,16-,17-/m1/s1. The normalized spacial score (nSPS) is 54.0. The lowest BCUT2D eigenvalue weighted by molar-refractivity contribution is -0.306. The van der Waals surface area contributed by atoms with Crippen molar-refractivity contribution in [3.63, 3.8) is 0 Å². The lowest BCUT2D eigenvalue weighted by atomic mass is 9.84. The molecule has 0 unspecified atom stereocenters. The Morgan fingerprint density at radius 2 is 1.29 bits per heavy atom. The van der Waals surface area contributed by atoms with E-state index in [-0.39, 0.29) is 13.0 Å². The van der Waals surface area contributed by atoms with Gasteiger partial charge >= 0.3 is 0 Å². The van der Waals surface area contributed by atoms with E-state index in [1.54, 1.807) is 0 Å². The monoisotopic (exact) mass is 454 g/mol. The molecule has 3 rings (SSSR count). The molecular weight excluding hydrogens is 420 g/mol. The van der Waals surface area contributed by atoms with Gasteiger partial charge in [0.25, 0.3) is 0 Å². The Hall–Kier alpha value is -0.560. The zero-order chi connectivity index (χ0) is 23.0. The fraction of sp³-hybridized carbons (Fsp3) is 1.00. The van der Waals surface area contributed by atoms with Gasteiger partial charge in [0.2, 0.25) is 0 Å². The summed E-state index contributed by atoms with van der Waals surface area (Å²) in [4.78, 5) is 0. The van der Waals surface area contributed by atoms with Crippen LogP contribution in [0.4, 0.5) is 0 Å². The summed E-state index contributed by atoms with van der Waals surface area (Å²) in [5, 5.41) is 59.8. The number of hydrogen-bond acceptors (Lipinski definition) is 14. The summed E-state index contributed by atoms with van der Waals surface area (Å²) in [6.07, 6.45) is -12.3. The first-order valence-corrected chi connectivity index (χ1v) is 10.2. The minimum absolute atomic E-state index is 0.163. The lowest BCUT2D eigenvalue weighted by Gasteiger charge is -2.47. The average molecular weight is 454 g/mol. The first kappa shape index (κ1) is 25.1. The van der Waals surface area contributed by atoms with Gasteiger partial charge < -0.3 is 72.5 Å². The summed E-state index contributed by atoms with van der Waals surface area (Å²) in [6, 6.07) is -3.76. The third-order valence-electron chi connectivity index (χ3n) is 6.11. The van der Waals surface area contributed by atoms with Crippen molar-refractivity contribution in [2.45, 2.75) is 92.0 Å². The third kappa shape index (κ3) is 5.02. The number of ether oxygens (including phenoxy) is 4. The van der Waals surface area contributed by atoms with Gasteiger partial charge in [0.15, 0.2) is 12.6 Å². The fourth-order valence-electron chi connectivity index (χ4n) is 4.13. The predicted molar refractivity (Wildman–Crippen MR) is 102 cm³/mol. The first-order valence-electron chi connectivity index (χ1n) is 10.2. The van der Waals surface area contributed by atoms with Crippen molar-refractivity contribution in [3.05, 3.63) is 0 Å². The number of aliphatic hydroxyl groups is 6. The minimum atomic E-state index is -1.44. The number of hydrogen-bond donors (Lipinski definition) is 10. The van der Waals surface area contributed by atoms with Gasteiger partial charge in [-0.1, -0.05) is 0 Å². The molecule has 0 aromatic rings. The maximum Gasteiger partial charge on any atom is 0.176 e. The quantitative estimate of drug-likeness (QED) is 0.185. The van der Waals surface area contributed by atoms with Crippen molar-refractivity contribution >= 4 is 0 Å². The molecule has 1 saturated carbocycles. The van der Waals surface area contributed by atoms with Crippen LogP contribution in [-0.2, 0) is 18.9 Å². The summed E-state index contributed by atoms with van der Waals surface area (Å²) in [5.41, 5.74) is 24.0. The Morgan fingerprint density at radius 3 is 1.87 bits per heavy atom. The van der Waals surface area contributed by atoms with Crippen molar-refractivity contribution in [2.75, 3.05) is 13.2 Å². The molecule has 2 aliphatic heterocycles. The molecule has 3 aliphatic rings. The molecule has 0 radical (unpaired) electrons. The molecule has 14 N–H and O–H groups in total. The number of nitrogens with two attached hydrogens (primary N) is 4. The summed E-state index contributed by atoms with van der Waals surface area (Å²) < 4.78 is 22.2. The molecule has 0 spiro atoms. The number of aliphatic hydroxyl groups excluding tert-OH is 6. The Labute approximate surface area is 178 Å². The molecule has 1 aliphatic carbocycles. The molecule has 14 nitrogen and oxygen atoms in total. The second kappa shape index (κ2) is 10.1. The van der Waals surface area contributed by atoms with Gasteiger partial charge in [-0.3, -0.25) is 0 Å². The van der Waals surface area contributed by atoms with Crippen molar-refractivity contribution < 1.29 is 49.6 Å². The molecule has 2 heterocycles. The van der Waals surface area contributed by atoms with E-state index in [2.05, 4.69) is 0 Å². The van der Waals surface area contributed by atoms with Crippen molar-refractivity contribution in [1.82, 2.24) is 0 Å². The fourth-order valence-corrected chi connectivity index (χ4v) is 4.13. The van der Waals surface area contributed by atoms with Crippen LogP contribution in [0.5, 0.6) is 0 Å². The van der Waals surface area contributed by atoms with Gasteiger partial charge in [0, 0.05) is 12.1 Å². The largest absolute Gasteiger partial charge is 0.394 e. The van der Waals surface area contributed by atoms with Crippen LogP contribution in [0.2, 0.25) is 0 Å². The number of rotatable bonds is 5. The Bertz CT molecular complexity index is 591. The van der Waals surface area contributed by atoms with Crippen LogP contribution in [-0.4, -0.2) is 129 Å². The summed E-state index contributed by atoms with van der Waals surface area (Å²) in [6.45, 7) is -0.809. The summed E-state index contributed by atoms with van der Waals surface area (Å²) in [7, 11) is 0. The van der Waals surface area contributed by atoms with Gasteiger partial charge in [0.1, 0.15) is 48.8 Å². The van der Waals surface area contributed by atoms with Crippen LogP contribution in [0.25, 0.3) is 0 Å². The highest BCUT2D eigenvalue weighted by atomic mass is 16.7. The maximum atomic E-state index is 10.9. The zero-order valence-corrected chi connectivity index (χ0v) is 16.8. The van der Waals surface area contributed by atoms with E-state index in [1.807, 2.05) is 0 Å². The maximum absolute atomic E-state index is 10.9. The van der Waals surface area contributed by atoms with Crippen LogP contribution in [0.1, 0.15) is 6.42 Å². The van der Waals surface area contributed by atoms with Gasteiger partial charge in [-0.15, -0.1) is 0 Å². The van der Waals surface area contributed by atoms with Crippen molar-refractivity contribution in [2.24, 2.45) is 22.9 Å². The van der Waals surface area contributed by atoms with E-state index in [4.69, 9.17) is 41.9 Å². The van der Waals surface area contributed by atoms with Crippen molar-refractivity contribution in [3.8, 4) is 0 Å². The van der Waals surface area contributed by atoms with Crippen LogP contribution < -0.4 is 22.9 Å². The van der Waals surface area contributed by atoms with Gasteiger partial charge in [-0.2, -0.15) is 0 Å². The predicted octanol–water partition coefficient (Wildman–Crippen LogP) is -6.65. The topological polar surface area (TPSA) is 262 Å². The van der Waals surface area contributed by atoms with E-state index in [0.29, 0.717) is 0 Å².